The van der Waals surface area contributed by atoms with Gasteiger partial charge in [0.1, 0.15) is 11.4 Å². The van der Waals surface area contributed by atoms with Gasteiger partial charge in [-0.05, 0) is 42.3 Å². The normalized spacial score (nSPS) is 11.6. The first-order valence-corrected chi connectivity index (χ1v) is 12.4. The quantitative estimate of drug-likeness (QED) is 0.355. The molecule has 0 aliphatic heterocycles. The van der Waals surface area contributed by atoms with Crippen molar-refractivity contribution < 1.29 is 8.42 Å². The molecule has 1 heterocycles. The number of hydrogen-bond donors (Lipinski definition) is 2. The highest BCUT2D eigenvalue weighted by Gasteiger charge is 2.14. The average Bonchev–Trinajstić information content (AvgIpc) is 3.21. The average molecular weight is 482 g/mol. The monoisotopic (exact) mass is 481 g/mol. The number of primary sulfonamides is 1. The highest BCUT2D eigenvalue weighted by molar-refractivity contribution is 7.89. The molecular weight excluding hydrogens is 458 g/mol. The van der Waals surface area contributed by atoms with E-state index in [0.29, 0.717) is 24.7 Å². The molecule has 7 nitrogen and oxygen atoms in total. The predicted molar refractivity (Wildman–Crippen MR) is 129 cm³/mol. The molecule has 0 spiro atoms. The topological polar surface area (TPSA) is 103 Å². The number of nitrogens with zero attached hydrogens (tertiary/aromatic N) is 3. The molecule has 0 bridgehead atoms. The number of aromatic nitrogens is 3. The Morgan fingerprint density at radius 1 is 0.909 bits per heavy atom. The van der Waals surface area contributed by atoms with Gasteiger partial charge in [-0.3, -0.25) is 0 Å². The molecule has 1 aromatic heterocycles. The minimum atomic E-state index is -3.68. The third kappa shape index (κ3) is 6.06. The third-order valence-corrected chi connectivity index (χ3v) is 6.47. The molecule has 0 saturated carbocycles. The van der Waals surface area contributed by atoms with Crippen molar-refractivity contribution in [2.75, 3.05) is 6.54 Å². The van der Waals surface area contributed by atoms with Crippen LogP contribution in [0.2, 0.25) is 5.02 Å². The molecule has 0 aliphatic carbocycles. The van der Waals surface area contributed by atoms with Crippen molar-refractivity contribution >= 4 is 21.6 Å². The van der Waals surface area contributed by atoms with Gasteiger partial charge in [0.25, 0.3) is 0 Å². The molecule has 4 rings (SSSR count). The van der Waals surface area contributed by atoms with Crippen molar-refractivity contribution in [2.45, 2.75) is 24.4 Å². The summed E-state index contributed by atoms with van der Waals surface area (Å²) in [5.74, 6) is 0. The summed E-state index contributed by atoms with van der Waals surface area (Å²) in [7, 11) is -3.68. The van der Waals surface area contributed by atoms with Gasteiger partial charge in [-0.1, -0.05) is 72.3 Å². The lowest BCUT2D eigenvalue weighted by Gasteiger charge is -2.06. The lowest BCUT2D eigenvalue weighted by atomic mass is 10.1. The first-order valence-electron chi connectivity index (χ1n) is 10.5. The van der Waals surface area contributed by atoms with Gasteiger partial charge in [-0.2, -0.15) is 15.0 Å². The molecule has 0 fully saturated rings. The van der Waals surface area contributed by atoms with E-state index in [1.54, 1.807) is 16.9 Å². The van der Waals surface area contributed by atoms with Crippen LogP contribution in [-0.2, 0) is 29.5 Å². The fourth-order valence-electron chi connectivity index (χ4n) is 3.46. The van der Waals surface area contributed by atoms with E-state index < -0.39 is 10.0 Å². The number of nitrogens with two attached hydrogens (primary N) is 1. The van der Waals surface area contributed by atoms with Gasteiger partial charge in [0, 0.05) is 17.1 Å². The molecule has 0 amide bonds. The van der Waals surface area contributed by atoms with Gasteiger partial charge < -0.3 is 5.32 Å². The van der Waals surface area contributed by atoms with E-state index >= 15 is 0 Å². The second-order valence-corrected chi connectivity index (χ2v) is 9.57. The highest BCUT2D eigenvalue weighted by atomic mass is 35.5. The molecule has 3 aromatic carbocycles. The Labute approximate surface area is 198 Å². The third-order valence-electron chi connectivity index (χ3n) is 5.18. The Morgan fingerprint density at radius 3 is 2.30 bits per heavy atom. The van der Waals surface area contributed by atoms with Crippen LogP contribution in [0.4, 0.5) is 0 Å². The molecule has 9 heteroatoms. The van der Waals surface area contributed by atoms with Gasteiger partial charge in [0.05, 0.1) is 11.4 Å². The van der Waals surface area contributed by atoms with Crippen LogP contribution < -0.4 is 10.5 Å². The molecular formula is C24H24ClN5O2S. The number of sulfonamides is 1. The maximum atomic E-state index is 11.4. The van der Waals surface area contributed by atoms with Crippen LogP contribution in [0.15, 0.2) is 83.8 Å². The first-order chi connectivity index (χ1) is 15.9. The first kappa shape index (κ1) is 23.1. The molecule has 33 heavy (non-hydrogen) atoms. The van der Waals surface area contributed by atoms with Gasteiger partial charge in [-0.15, -0.1) is 0 Å². The molecule has 0 unspecified atom stereocenters. The fraction of sp³-hybridized carbons (Fsp3) is 0.167. The summed E-state index contributed by atoms with van der Waals surface area (Å²) in [4.78, 5) is 1.79. The van der Waals surface area contributed by atoms with Crippen molar-refractivity contribution in [3.8, 4) is 11.3 Å². The van der Waals surface area contributed by atoms with Gasteiger partial charge in [0.15, 0.2) is 0 Å². The Hall–Kier alpha value is -3.04. The Balaban J connectivity index is 1.44. The van der Waals surface area contributed by atoms with Crippen molar-refractivity contribution in [3.63, 3.8) is 0 Å². The summed E-state index contributed by atoms with van der Waals surface area (Å²) in [6.45, 7) is 1.72. The van der Waals surface area contributed by atoms with Crippen LogP contribution in [-0.4, -0.2) is 30.0 Å². The van der Waals surface area contributed by atoms with Crippen molar-refractivity contribution in [3.05, 3.63) is 101 Å². The maximum absolute atomic E-state index is 11.4. The van der Waals surface area contributed by atoms with Crippen molar-refractivity contribution in [2.24, 2.45) is 5.14 Å². The summed E-state index contributed by atoms with van der Waals surface area (Å²) in [5.41, 5.74) is 4.64. The molecule has 0 atom stereocenters. The number of hydrogen-bond acceptors (Lipinski definition) is 5. The zero-order valence-corrected chi connectivity index (χ0v) is 19.4. The van der Waals surface area contributed by atoms with Crippen LogP contribution in [0.3, 0.4) is 0 Å². The van der Waals surface area contributed by atoms with E-state index in [1.807, 2.05) is 54.6 Å². The Morgan fingerprint density at radius 2 is 1.61 bits per heavy atom. The minimum absolute atomic E-state index is 0.113. The number of rotatable bonds is 9. The molecule has 0 saturated heterocycles. The SMILES string of the molecule is NS(=O)(=O)c1ccc(CCNCc2nn(Cc3ccccc3Cl)nc2-c2ccccc2)cc1. The van der Waals surface area contributed by atoms with E-state index in [-0.39, 0.29) is 4.90 Å². The van der Waals surface area contributed by atoms with Crippen LogP contribution >= 0.6 is 11.6 Å². The standard InChI is InChI=1S/C24H24ClN5O2S/c25-22-9-5-4-8-20(22)17-30-28-23(24(29-30)19-6-2-1-3-7-19)16-27-15-14-18-10-12-21(13-11-18)33(26,31)32/h1-13,27H,14-17H2,(H2,26,31,32). The largest absolute Gasteiger partial charge is 0.311 e. The number of halogens is 1. The van der Waals surface area contributed by atoms with Gasteiger partial charge in [-0.25, -0.2) is 13.6 Å². The van der Waals surface area contributed by atoms with E-state index in [4.69, 9.17) is 26.9 Å². The smallest absolute Gasteiger partial charge is 0.238 e. The van der Waals surface area contributed by atoms with Gasteiger partial charge >= 0.3 is 0 Å². The Kier molecular flexibility index (Phi) is 7.20. The highest BCUT2D eigenvalue weighted by Crippen LogP contribution is 2.21. The van der Waals surface area contributed by atoms with E-state index in [1.165, 1.54) is 12.1 Å². The fourth-order valence-corrected chi connectivity index (χ4v) is 4.17. The van der Waals surface area contributed by atoms with Crippen molar-refractivity contribution in [1.82, 2.24) is 20.3 Å². The molecule has 3 N–H and O–H groups in total. The van der Waals surface area contributed by atoms with E-state index in [0.717, 1.165) is 34.5 Å². The second-order valence-electron chi connectivity index (χ2n) is 7.60. The van der Waals surface area contributed by atoms with Gasteiger partial charge in [0.2, 0.25) is 10.0 Å². The molecule has 0 radical (unpaired) electrons. The van der Waals surface area contributed by atoms with Crippen LogP contribution in [0.25, 0.3) is 11.3 Å². The zero-order valence-electron chi connectivity index (χ0n) is 17.9. The lowest BCUT2D eigenvalue weighted by molar-refractivity contribution is 0.577. The number of benzene rings is 3. The number of nitrogens with one attached hydrogen (secondary N) is 1. The summed E-state index contributed by atoms with van der Waals surface area (Å²) in [5, 5.41) is 18.7. The van der Waals surface area contributed by atoms with Crippen molar-refractivity contribution in [1.29, 1.82) is 0 Å². The van der Waals surface area contributed by atoms with Crippen LogP contribution in [0.1, 0.15) is 16.8 Å². The summed E-state index contributed by atoms with van der Waals surface area (Å²) >= 11 is 6.31. The summed E-state index contributed by atoms with van der Waals surface area (Å²) < 4.78 is 22.8. The van der Waals surface area contributed by atoms with E-state index in [2.05, 4.69) is 5.32 Å². The maximum Gasteiger partial charge on any atom is 0.238 e. The Bertz CT molecular complexity index is 1320. The van der Waals surface area contributed by atoms with E-state index in [9.17, 15) is 8.42 Å². The summed E-state index contributed by atoms with van der Waals surface area (Å²) in [6.07, 6.45) is 0.735. The minimum Gasteiger partial charge on any atom is -0.311 e. The molecule has 4 aromatic rings. The predicted octanol–water partition coefficient (Wildman–Crippen LogP) is 3.63. The van der Waals surface area contributed by atoms with Crippen LogP contribution in [0.5, 0.6) is 0 Å². The molecule has 170 valence electrons. The second kappa shape index (κ2) is 10.3. The summed E-state index contributed by atoms with van der Waals surface area (Å²) in [6, 6.07) is 24.2. The lowest BCUT2D eigenvalue weighted by Crippen LogP contribution is -2.18. The van der Waals surface area contributed by atoms with Crippen LogP contribution in [0, 0.1) is 0 Å². The zero-order chi connectivity index (χ0) is 23.3. The molecule has 0 aliphatic rings.